The summed E-state index contributed by atoms with van der Waals surface area (Å²) < 4.78 is 0. The zero-order valence-corrected chi connectivity index (χ0v) is 9.85. The third kappa shape index (κ3) is 1.81. The smallest absolute Gasteiger partial charge is 0.0431 e. The number of benzene rings is 1. The van der Waals surface area contributed by atoms with Crippen LogP contribution in [0, 0.1) is 0 Å². The minimum atomic E-state index is 0.111. The fourth-order valence-corrected chi connectivity index (χ4v) is 2.37. The van der Waals surface area contributed by atoms with Crippen LogP contribution >= 0.6 is 0 Å². The molecule has 1 heterocycles. The number of nitrogens with two attached hydrogens (primary N) is 1. The van der Waals surface area contributed by atoms with E-state index in [0.29, 0.717) is 0 Å². The summed E-state index contributed by atoms with van der Waals surface area (Å²) in [5, 5.41) is 3.50. The molecule has 0 atom stereocenters. The molecule has 0 unspecified atom stereocenters. The average molecular weight is 204 g/mol. The quantitative estimate of drug-likeness (QED) is 0.638. The summed E-state index contributed by atoms with van der Waals surface area (Å²) in [4.78, 5) is 0. The first-order valence-corrected chi connectivity index (χ1v) is 5.66. The number of hydrogen-bond donors (Lipinski definition) is 2. The largest absolute Gasteiger partial charge is 0.398 e. The molecule has 0 aliphatic carbocycles. The van der Waals surface area contributed by atoms with Crippen LogP contribution in [0.4, 0.5) is 11.4 Å². The molecule has 1 aromatic rings. The Hall–Kier alpha value is -1.18. The highest BCUT2D eigenvalue weighted by molar-refractivity contribution is 5.70. The van der Waals surface area contributed by atoms with Gasteiger partial charge in [0, 0.05) is 23.5 Å². The molecule has 0 amide bonds. The number of hydrogen-bond acceptors (Lipinski definition) is 2. The van der Waals surface area contributed by atoms with Gasteiger partial charge in [0.1, 0.15) is 0 Å². The van der Waals surface area contributed by atoms with Crippen molar-refractivity contribution in [2.75, 3.05) is 17.6 Å². The summed E-state index contributed by atoms with van der Waals surface area (Å²) in [6.45, 7) is 7.72. The minimum Gasteiger partial charge on any atom is -0.398 e. The van der Waals surface area contributed by atoms with E-state index in [4.69, 9.17) is 5.73 Å². The Balaban J connectivity index is 2.60. The maximum atomic E-state index is 6.09. The minimum absolute atomic E-state index is 0.111. The third-order valence-electron chi connectivity index (χ3n) is 3.00. The van der Waals surface area contributed by atoms with Crippen LogP contribution in [0.25, 0.3) is 0 Å². The molecule has 0 spiro atoms. The van der Waals surface area contributed by atoms with E-state index in [1.54, 1.807) is 0 Å². The van der Waals surface area contributed by atoms with Gasteiger partial charge in [-0.25, -0.2) is 0 Å². The van der Waals surface area contributed by atoms with Crippen molar-refractivity contribution in [3.63, 3.8) is 0 Å². The lowest BCUT2D eigenvalue weighted by molar-refractivity contribution is 0.591. The molecule has 2 rings (SSSR count). The predicted octanol–water partition coefficient (Wildman–Crippen LogP) is 2.92. The number of nitrogens with one attached hydrogen (secondary N) is 1. The van der Waals surface area contributed by atoms with Gasteiger partial charge in [0.2, 0.25) is 0 Å². The van der Waals surface area contributed by atoms with Crippen LogP contribution < -0.4 is 11.1 Å². The fourth-order valence-electron chi connectivity index (χ4n) is 2.37. The van der Waals surface area contributed by atoms with Crippen molar-refractivity contribution in [1.82, 2.24) is 0 Å². The predicted molar refractivity (Wildman–Crippen MR) is 66.4 cm³/mol. The lowest BCUT2D eigenvalue weighted by atomic mass is 9.82. The van der Waals surface area contributed by atoms with E-state index in [2.05, 4.69) is 32.2 Å². The standard InChI is InChI=1S/C13H20N2/c1-13(2,3)11-10(14)7-6-9-5-4-8-15-12(9)11/h6-7,15H,4-5,8,14H2,1-3H3. The maximum absolute atomic E-state index is 6.09. The Morgan fingerprint density at radius 1 is 1.27 bits per heavy atom. The van der Waals surface area contributed by atoms with Crippen molar-refractivity contribution < 1.29 is 0 Å². The molecule has 0 fully saturated rings. The van der Waals surface area contributed by atoms with Gasteiger partial charge in [0.25, 0.3) is 0 Å². The van der Waals surface area contributed by atoms with Crippen LogP contribution in [0.1, 0.15) is 38.3 Å². The maximum Gasteiger partial charge on any atom is 0.0431 e. The van der Waals surface area contributed by atoms with E-state index in [1.807, 2.05) is 6.07 Å². The monoisotopic (exact) mass is 204 g/mol. The molecule has 0 saturated carbocycles. The highest BCUT2D eigenvalue weighted by atomic mass is 14.9. The van der Waals surface area contributed by atoms with Crippen LogP contribution in [0.5, 0.6) is 0 Å². The first-order valence-electron chi connectivity index (χ1n) is 5.66. The molecule has 2 nitrogen and oxygen atoms in total. The molecule has 15 heavy (non-hydrogen) atoms. The van der Waals surface area contributed by atoms with Crippen molar-refractivity contribution in [3.05, 3.63) is 23.3 Å². The molecule has 0 aromatic heterocycles. The number of rotatable bonds is 0. The van der Waals surface area contributed by atoms with Crippen LogP contribution in [-0.2, 0) is 11.8 Å². The van der Waals surface area contributed by atoms with Gasteiger partial charge < -0.3 is 11.1 Å². The lowest BCUT2D eigenvalue weighted by Gasteiger charge is -2.29. The first kappa shape index (κ1) is 10.3. The first-order chi connectivity index (χ1) is 7.00. The summed E-state index contributed by atoms with van der Waals surface area (Å²) in [6.07, 6.45) is 2.40. The van der Waals surface area contributed by atoms with Gasteiger partial charge in [-0.3, -0.25) is 0 Å². The van der Waals surface area contributed by atoms with Gasteiger partial charge in [-0.1, -0.05) is 26.8 Å². The van der Waals surface area contributed by atoms with Gasteiger partial charge in [-0.15, -0.1) is 0 Å². The van der Waals surface area contributed by atoms with Gasteiger partial charge in [-0.2, -0.15) is 0 Å². The zero-order valence-electron chi connectivity index (χ0n) is 9.85. The van der Waals surface area contributed by atoms with Crippen molar-refractivity contribution >= 4 is 11.4 Å². The second-order valence-electron chi connectivity index (χ2n) is 5.34. The SMILES string of the molecule is CC(C)(C)c1c(N)ccc2c1NCCC2. The van der Waals surface area contributed by atoms with Crippen molar-refractivity contribution in [2.24, 2.45) is 0 Å². The summed E-state index contributed by atoms with van der Waals surface area (Å²) in [5.74, 6) is 0. The normalized spacial score (nSPS) is 15.7. The molecule has 3 N–H and O–H groups in total. The van der Waals surface area contributed by atoms with Gasteiger partial charge in [0.05, 0.1) is 0 Å². The van der Waals surface area contributed by atoms with Gasteiger partial charge in [-0.05, 0) is 29.9 Å². The highest BCUT2D eigenvalue weighted by Gasteiger charge is 2.24. The van der Waals surface area contributed by atoms with E-state index in [0.717, 1.165) is 12.2 Å². The number of fused-ring (bicyclic) bond motifs is 1. The fraction of sp³-hybridized carbons (Fsp3) is 0.538. The van der Waals surface area contributed by atoms with Gasteiger partial charge >= 0.3 is 0 Å². The number of nitrogen functional groups attached to an aromatic ring is 1. The van der Waals surface area contributed by atoms with E-state index in [9.17, 15) is 0 Å². The molecular weight excluding hydrogens is 184 g/mol. The van der Waals surface area contributed by atoms with Crippen molar-refractivity contribution in [3.8, 4) is 0 Å². The zero-order chi connectivity index (χ0) is 11.1. The van der Waals surface area contributed by atoms with E-state index in [1.165, 1.54) is 29.7 Å². The van der Waals surface area contributed by atoms with Crippen molar-refractivity contribution in [1.29, 1.82) is 0 Å². The van der Waals surface area contributed by atoms with Crippen LogP contribution in [-0.4, -0.2) is 6.54 Å². The Morgan fingerprint density at radius 3 is 2.67 bits per heavy atom. The average Bonchev–Trinajstić information content (AvgIpc) is 2.15. The van der Waals surface area contributed by atoms with Crippen molar-refractivity contribution in [2.45, 2.75) is 39.0 Å². The Morgan fingerprint density at radius 2 is 2.00 bits per heavy atom. The summed E-state index contributed by atoms with van der Waals surface area (Å²) in [6, 6.07) is 4.21. The summed E-state index contributed by atoms with van der Waals surface area (Å²) in [7, 11) is 0. The molecule has 82 valence electrons. The molecule has 0 bridgehead atoms. The van der Waals surface area contributed by atoms with E-state index >= 15 is 0 Å². The number of anilines is 2. The second kappa shape index (κ2) is 3.44. The molecule has 0 radical (unpaired) electrons. The van der Waals surface area contributed by atoms with Crippen LogP contribution in [0.2, 0.25) is 0 Å². The Bertz CT molecular complexity index is 375. The van der Waals surface area contributed by atoms with Gasteiger partial charge in [0.15, 0.2) is 0 Å². The van der Waals surface area contributed by atoms with E-state index < -0.39 is 0 Å². The summed E-state index contributed by atoms with van der Waals surface area (Å²) in [5.41, 5.74) is 11.1. The molecule has 1 aliphatic heterocycles. The molecule has 2 heteroatoms. The van der Waals surface area contributed by atoms with E-state index in [-0.39, 0.29) is 5.41 Å². The summed E-state index contributed by atoms with van der Waals surface area (Å²) >= 11 is 0. The third-order valence-corrected chi connectivity index (χ3v) is 3.00. The highest BCUT2D eigenvalue weighted by Crippen LogP contribution is 2.38. The molecule has 1 aliphatic rings. The molecular formula is C13H20N2. The Kier molecular flexibility index (Phi) is 2.37. The number of aryl methyl sites for hydroxylation is 1. The second-order valence-corrected chi connectivity index (χ2v) is 5.34. The topological polar surface area (TPSA) is 38.0 Å². The Labute approximate surface area is 91.9 Å². The molecule has 1 aromatic carbocycles. The van der Waals surface area contributed by atoms with Crippen LogP contribution in [0.3, 0.4) is 0 Å². The molecule has 0 saturated heterocycles. The van der Waals surface area contributed by atoms with Crippen LogP contribution in [0.15, 0.2) is 12.1 Å². The lowest BCUT2D eigenvalue weighted by Crippen LogP contribution is -2.21.